The van der Waals surface area contributed by atoms with Gasteiger partial charge in [0, 0.05) is 0 Å². The highest BCUT2D eigenvalue weighted by atomic mass is 32.3. The van der Waals surface area contributed by atoms with Crippen molar-refractivity contribution < 1.29 is 17.2 Å². The lowest BCUT2D eigenvalue weighted by atomic mass is 10.0. The first kappa shape index (κ1) is 20.0. The molecule has 0 saturated heterocycles. The van der Waals surface area contributed by atoms with Crippen LogP contribution in [0.5, 0.6) is 5.75 Å². The van der Waals surface area contributed by atoms with Crippen LogP contribution in [0.1, 0.15) is 76.7 Å². The summed E-state index contributed by atoms with van der Waals surface area (Å²) in [6, 6.07) is 6.84. The quantitative estimate of drug-likeness (QED) is 0.288. The molecule has 0 radical (unpaired) electrons. The molecule has 0 fully saturated rings. The lowest BCUT2D eigenvalue weighted by molar-refractivity contribution is 0.370. The first-order valence-electron chi connectivity index (χ1n) is 8.76. The number of hydrogen-bond acceptors (Lipinski definition) is 4. The van der Waals surface area contributed by atoms with E-state index in [1.54, 1.807) is 6.07 Å². The largest absolute Gasteiger partial charge is 0.716 e. The molecule has 1 aromatic rings. The van der Waals surface area contributed by atoms with Crippen molar-refractivity contribution >= 4 is 10.4 Å². The fourth-order valence-electron chi connectivity index (χ4n) is 2.70. The van der Waals surface area contributed by atoms with Gasteiger partial charge in [0.1, 0.15) is 5.75 Å². The molecule has 0 atom stereocenters. The highest BCUT2D eigenvalue weighted by molar-refractivity contribution is 7.81. The van der Waals surface area contributed by atoms with E-state index in [1.807, 2.05) is 12.1 Å². The zero-order valence-corrected chi connectivity index (χ0v) is 14.9. The Balaban J connectivity index is 2.16. The first-order chi connectivity index (χ1) is 11.0. The van der Waals surface area contributed by atoms with Crippen LogP contribution in [-0.2, 0) is 16.8 Å². The summed E-state index contributed by atoms with van der Waals surface area (Å²) in [6.07, 6.45) is 13.3. The fraction of sp³-hybridized carbons (Fsp3) is 0.667. The van der Waals surface area contributed by atoms with Crippen LogP contribution in [-0.4, -0.2) is 13.0 Å². The molecule has 1 aromatic carbocycles. The molecule has 5 heteroatoms. The van der Waals surface area contributed by atoms with Crippen LogP contribution in [0.2, 0.25) is 0 Å². The highest BCUT2D eigenvalue weighted by Crippen LogP contribution is 2.22. The standard InChI is InChI=1S/C18H30O4S/c1-2-3-4-5-6-7-8-9-10-11-14-17-15-12-13-16-18(17)22-23(19,20)21/h12-13,15-16H,2-11,14H2,1H3,(H,19,20,21)/p-1. The molecule has 0 bridgehead atoms. The minimum absolute atomic E-state index is 0.165. The van der Waals surface area contributed by atoms with Crippen LogP contribution in [0.4, 0.5) is 0 Å². The maximum absolute atomic E-state index is 10.7. The average molecular weight is 341 g/mol. The zero-order valence-electron chi connectivity index (χ0n) is 14.1. The maximum Gasteiger partial charge on any atom is 0.262 e. The highest BCUT2D eigenvalue weighted by Gasteiger charge is 2.06. The van der Waals surface area contributed by atoms with Gasteiger partial charge in [-0.25, -0.2) is 8.42 Å². The van der Waals surface area contributed by atoms with E-state index in [1.165, 1.54) is 57.4 Å². The summed E-state index contributed by atoms with van der Waals surface area (Å²) >= 11 is 0. The first-order valence-corrected chi connectivity index (χ1v) is 10.1. The SMILES string of the molecule is CCCCCCCCCCCCc1ccccc1OS(=O)(=O)[O-]. The lowest BCUT2D eigenvalue weighted by Crippen LogP contribution is -2.08. The maximum atomic E-state index is 10.7. The minimum atomic E-state index is -4.70. The van der Waals surface area contributed by atoms with Crippen molar-refractivity contribution in [2.24, 2.45) is 0 Å². The normalized spacial score (nSPS) is 11.6. The monoisotopic (exact) mass is 341 g/mol. The molecule has 0 saturated carbocycles. The molecule has 0 aliphatic carbocycles. The van der Waals surface area contributed by atoms with Crippen LogP contribution in [0.25, 0.3) is 0 Å². The number of hydrogen-bond donors (Lipinski definition) is 0. The van der Waals surface area contributed by atoms with Crippen LogP contribution < -0.4 is 4.18 Å². The van der Waals surface area contributed by atoms with Crippen LogP contribution in [0.3, 0.4) is 0 Å². The number of benzene rings is 1. The Hall–Kier alpha value is -1.07. The predicted molar refractivity (Wildman–Crippen MR) is 92.3 cm³/mol. The summed E-state index contributed by atoms with van der Waals surface area (Å²) in [5.41, 5.74) is 0.784. The summed E-state index contributed by atoms with van der Waals surface area (Å²) in [6.45, 7) is 2.23. The van der Waals surface area contributed by atoms with Gasteiger partial charge >= 0.3 is 0 Å². The molecule has 4 nitrogen and oxygen atoms in total. The van der Waals surface area contributed by atoms with Gasteiger partial charge in [-0.2, -0.15) is 0 Å². The van der Waals surface area contributed by atoms with E-state index in [2.05, 4.69) is 11.1 Å². The van der Waals surface area contributed by atoms with Crippen LogP contribution in [0.15, 0.2) is 24.3 Å². The Bertz CT molecular complexity index is 526. The second-order valence-corrected chi connectivity index (χ2v) is 7.01. The van der Waals surface area contributed by atoms with Gasteiger partial charge in [-0.3, -0.25) is 0 Å². The van der Waals surface area contributed by atoms with E-state index in [9.17, 15) is 13.0 Å². The van der Waals surface area contributed by atoms with E-state index in [0.29, 0.717) is 0 Å². The third kappa shape index (κ3) is 10.3. The van der Waals surface area contributed by atoms with Crippen molar-refractivity contribution in [3.8, 4) is 5.75 Å². The predicted octanol–water partition coefficient (Wildman–Crippen LogP) is 4.99. The third-order valence-electron chi connectivity index (χ3n) is 3.96. The Kier molecular flexibility index (Phi) is 9.96. The van der Waals surface area contributed by atoms with Gasteiger partial charge in [-0.15, -0.1) is 0 Å². The lowest BCUT2D eigenvalue weighted by Gasteiger charge is -2.13. The zero-order chi connectivity index (χ0) is 17.0. The topological polar surface area (TPSA) is 66.4 Å². The number of aryl methyl sites for hydroxylation is 1. The molecule has 0 amide bonds. The van der Waals surface area contributed by atoms with E-state index in [4.69, 9.17) is 0 Å². The molecule has 1 rings (SSSR count). The van der Waals surface area contributed by atoms with Gasteiger partial charge < -0.3 is 8.74 Å². The van der Waals surface area contributed by atoms with Crippen molar-refractivity contribution in [1.82, 2.24) is 0 Å². The Labute approximate surface area is 141 Å². The third-order valence-corrected chi connectivity index (χ3v) is 4.35. The molecular weight excluding hydrogens is 312 g/mol. The molecular formula is C18H29O4S-. The van der Waals surface area contributed by atoms with Gasteiger partial charge in [0.05, 0.1) is 0 Å². The second-order valence-electron chi connectivity index (χ2n) is 6.03. The van der Waals surface area contributed by atoms with Crippen LogP contribution in [0, 0.1) is 0 Å². The summed E-state index contributed by atoms with van der Waals surface area (Å²) in [4.78, 5) is 0. The number of para-hydroxylation sites is 1. The van der Waals surface area contributed by atoms with E-state index < -0.39 is 10.4 Å². The molecule has 0 spiro atoms. The Morgan fingerprint density at radius 2 is 1.39 bits per heavy atom. The summed E-state index contributed by atoms with van der Waals surface area (Å²) in [5, 5.41) is 0. The smallest absolute Gasteiger partial charge is 0.262 e. The minimum Gasteiger partial charge on any atom is -0.716 e. The van der Waals surface area contributed by atoms with Gasteiger partial charge in [0.25, 0.3) is 10.4 Å². The van der Waals surface area contributed by atoms with Gasteiger partial charge in [-0.1, -0.05) is 82.9 Å². The molecule has 0 aliphatic heterocycles. The number of rotatable bonds is 13. The van der Waals surface area contributed by atoms with Crippen molar-refractivity contribution in [1.29, 1.82) is 0 Å². The Morgan fingerprint density at radius 1 is 0.870 bits per heavy atom. The molecule has 0 unspecified atom stereocenters. The van der Waals surface area contributed by atoms with E-state index in [0.717, 1.165) is 24.8 Å². The van der Waals surface area contributed by atoms with Gasteiger partial charge in [0.2, 0.25) is 0 Å². The summed E-state index contributed by atoms with van der Waals surface area (Å²) in [5.74, 6) is 0.165. The molecule has 0 N–H and O–H groups in total. The second kappa shape index (κ2) is 11.5. The number of unbranched alkanes of at least 4 members (excludes halogenated alkanes) is 9. The van der Waals surface area contributed by atoms with Crippen molar-refractivity contribution in [2.75, 3.05) is 0 Å². The van der Waals surface area contributed by atoms with Gasteiger partial charge in [-0.05, 0) is 24.5 Å². The van der Waals surface area contributed by atoms with Crippen molar-refractivity contribution in [3.63, 3.8) is 0 Å². The van der Waals surface area contributed by atoms with Gasteiger partial charge in [0.15, 0.2) is 0 Å². The van der Waals surface area contributed by atoms with E-state index >= 15 is 0 Å². The summed E-state index contributed by atoms with van der Waals surface area (Å²) < 4.78 is 36.6. The molecule has 0 aliphatic rings. The molecule has 23 heavy (non-hydrogen) atoms. The van der Waals surface area contributed by atoms with Crippen molar-refractivity contribution in [2.45, 2.75) is 77.6 Å². The van der Waals surface area contributed by atoms with Crippen LogP contribution >= 0.6 is 0 Å². The fourth-order valence-corrected chi connectivity index (χ4v) is 3.09. The van der Waals surface area contributed by atoms with Crippen molar-refractivity contribution in [3.05, 3.63) is 29.8 Å². The molecule has 132 valence electrons. The summed E-state index contributed by atoms with van der Waals surface area (Å²) in [7, 11) is -4.70. The molecule has 0 heterocycles. The molecule has 0 aromatic heterocycles. The Morgan fingerprint density at radius 3 is 1.96 bits per heavy atom. The van der Waals surface area contributed by atoms with E-state index in [-0.39, 0.29) is 5.75 Å². The average Bonchev–Trinajstić information content (AvgIpc) is 2.49.